The van der Waals surface area contributed by atoms with Crippen LogP contribution in [0.25, 0.3) is 0 Å². The van der Waals surface area contributed by atoms with Crippen molar-refractivity contribution in [2.24, 2.45) is 0 Å². The van der Waals surface area contributed by atoms with Gasteiger partial charge in [0.15, 0.2) is 6.61 Å². The van der Waals surface area contributed by atoms with Crippen molar-refractivity contribution in [2.45, 2.75) is 46.2 Å². The van der Waals surface area contributed by atoms with E-state index in [1.807, 2.05) is 61.5 Å². The van der Waals surface area contributed by atoms with E-state index < -0.39 is 6.04 Å². The molecule has 0 unspecified atom stereocenters. The van der Waals surface area contributed by atoms with E-state index in [4.69, 9.17) is 4.74 Å². The fraction of sp³-hybridized carbons (Fsp3) is 0.391. The highest BCUT2D eigenvalue weighted by Gasteiger charge is 2.26. The maximum absolute atomic E-state index is 12.9. The van der Waals surface area contributed by atoms with Crippen LogP contribution in [0.5, 0.6) is 5.75 Å². The van der Waals surface area contributed by atoms with E-state index in [0.29, 0.717) is 18.8 Å². The molecular weight excluding hydrogens is 352 g/mol. The number of amides is 2. The van der Waals surface area contributed by atoms with Gasteiger partial charge in [-0.2, -0.15) is 0 Å². The maximum Gasteiger partial charge on any atom is 0.261 e. The van der Waals surface area contributed by atoms with Gasteiger partial charge in [0.05, 0.1) is 0 Å². The van der Waals surface area contributed by atoms with Crippen molar-refractivity contribution in [3.05, 3.63) is 65.7 Å². The number of aryl methyl sites for hydroxylation is 1. The third-order valence-corrected chi connectivity index (χ3v) is 4.54. The first-order chi connectivity index (χ1) is 13.5. The average Bonchev–Trinajstić information content (AvgIpc) is 2.70. The first-order valence-electron chi connectivity index (χ1n) is 9.81. The SMILES string of the molecule is CCCCNC(=O)[C@@H](C)N(Cc1ccccc1)C(=O)COc1cccc(C)c1. The molecule has 2 amide bonds. The number of nitrogens with zero attached hydrogens (tertiary/aromatic N) is 1. The van der Waals surface area contributed by atoms with Crippen molar-refractivity contribution in [1.29, 1.82) is 0 Å². The number of nitrogens with one attached hydrogen (secondary N) is 1. The molecule has 0 aliphatic heterocycles. The minimum atomic E-state index is -0.578. The minimum Gasteiger partial charge on any atom is -0.484 e. The Morgan fingerprint density at radius 3 is 2.54 bits per heavy atom. The van der Waals surface area contributed by atoms with Crippen LogP contribution >= 0.6 is 0 Å². The van der Waals surface area contributed by atoms with E-state index in [2.05, 4.69) is 12.2 Å². The van der Waals surface area contributed by atoms with Crippen molar-refractivity contribution in [3.63, 3.8) is 0 Å². The van der Waals surface area contributed by atoms with Gasteiger partial charge in [-0.25, -0.2) is 0 Å². The second-order valence-electron chi connectivity index (χ2n) is 6.93. The largest absolute Gasteiger partial charge is 0.484 e. The molecule has 0 bridgehead atoms. The van der Waals surface area contributed by atoms with Gasteiger partial charge in [-0.3, -0.25) is 9.59 Å². The molecule has 0 radical (unpaired) electrons. The first-order valence-corrected chi connectivity index (χ1v) is 9.81. The standard InChI is InChI=1S/C23H30N2O3/c1-4-5-14-24-23(27)19(3)25(16-20-11-7-6-8-12-20)22(26)17-28-21-13-9-10-18(2)15-21/h6-13,15,19H,4-5,14,16-17H2,1-3H3,(H,24,27)/t19-/m1/s1. The van der Waals surface area contributed by atoms with E-state index in [9.17, 15) is 9.59 Å². The lowest BCUT2D eigenvalue weighted by atomic mass is 10.1. The van der Waals surface area contributed by atoms with E-state index >= 15 is 0 Å². The van der Waals surface area contributed by atoms with Gasteiger partial charge in [-0.05, 0) is 43.5 Å². The smallest absolute Gasteiger partial charge is 0.261 e. The Morgan fingerprint density at radius 2 is 1.86 bits per heavy atom. The van der Waals surface area contributed by atoms with Crippen LogP contribution in [-0.2, 0) is 16.1 Å². The van der Waals surface area contributed by atoms with Crippen LogP contribution in [-0.4, -0.2) is 35.9 Å². The number of unbranched alkanes of at least 4 members (excludes halogenated alkanes) is 1. The van der Waals surface area contributed by atoms with E-state index in [-0.39, 0.29) is 18.4 Å². The maximum atomic E-state index is 12.9. The summed E-state index contributed by atoms with van der Waals surface area (Å²) in [5.41, 5.74) is 2.04. The Bertz CT molecular complexity index is 761. The number of carbonyl (C=O) groups excluding carboxylic acids is 2. The van der Waals surface area contributed by atoms with Gasteiger partial charge >= 0.3 is 0 Å². The van der Waals surface area contributed by atoms with Crippen molar-refractivity contribution < 1.29 is 14.3 Å². The van der Waals surface area contributed by atoms with Crippen LogP contribution in [0.4, 0.5) is 0 Å². The number of carbonyl (C=O) groups is 2. The Hall–Kier alpha value is -2.82. The monoisotopic (exact) mass is 382 g/mol. The topological polar surface area (TPSA) is 58.6 Å². The summed E-state index contributed by atoms with van der Waals surface area (Å²) < 4.78 is 5.67. The molecule has 0 aliphatic carbocycles. The number of ether oxygens (including phenoxy) is 1. The highest BCUT2D eigenvalue weighted by molar-refractivity contribution is 5.87. The third kappa shape index (κ3) is 6.72. The lowest BCUT2D eigenvalue weighted by molar-refractivity contribution is -0.142. The van der Waals surface area contributed by atoms with E-state index in [0.717, 1.165) is 24.0 Å². The van der Waals surface area contributed by atoms with Gasteiger partial charge in [0.2, 0.25) is 5.91 Å². The van der Waals surface area contributed by atoms with Crippen molar-refractivity contribution in [3.8, 4) is 5.75 Å². The predicted octanol–water partition coefficient (Wildman–Crippen LogP) is 3.71. The van der Waals surface area contributed by atoms with Gasteiger partial charge in [0.25, 0.3) is 5.91 Å². The summed E-state index contributed by atoms with van der Waals surface area (Å²) in [4.78, 5) is 27.0. The molecule has 2 aromatic rings. The fourth-order valence-electron chi connectivity index (χ4n) is 2.83. The Morgan fingerprint density at radius 1 is 1.11 bits per heavy atom. The quantitative estimate of drug-likeness (QED) is 0.637. The highest BCUT2D eigenvalue weighted by Crippen LogP contribution is 2.14. The molecule has 0 saturated heterocycles. The van der Waals surface area contributed by atoms with Crippen LogP contribution in [0.2, 0.25) is 0 Å². The van der Waals surface area contributed by atoms with Gasteiger partial charge < -0.3 is 15.0 Å². The summed E-state index contributed by atoms with van der Waals surface area (Å²) >= 11 is 0. The van der Waals surface area contributed by atoms with Crippen LogP contribution in [0.15, 0.2) is 54.6 Å². The summed E-state index contributed by atoms with van der Waals surface area (Å²) in [5, 5.41) is 2.91. The molecule has 5 heteroatoms. The molecule has 0 spiro atoms. The lowest BCUT2D eigenvalue weighted by Gasteiger charge is -2.28. The summed E-state index contributed by atoms with van der Waals surface area (Å²) in [7, 11) is 0. The lowest BCUT2D eigenvalue weighted by Crippen LogP contribution is -2.49. The van der Waals surface area contributed by atoms with Crippen LogP contribution in [0.1, 0.15) is 37.8 Å². The molecule has 0 saturated carbocycles. The zero-order valence-electron chi connectivity index (χ0n) is 17.0. The normalized spacial score (nSPS) is 11.5. The van der Waals surface area contributed by atoms with E-state index in [1.54, 1.807) is 11.8 Å². The summed E-state index contributed by atoms with van der Waals surface area (Å²) in [6.45, 7) is 6.67. The summed E-state index contributed by atoms with van der Waals surface area (Å²) in [5.74, 6) is 0.282. The Balaban J connectivity index is 2.07. The van der Waals surface area contributed by atoms with Gasteiger partial charge in [0, 0.05) is 13.1 Å². The molecule has 0 aliphatic rings. The molecule has 1 atom stereocenters. The van der Waals surface area contributed by atoms with Gasteiger partial charge in [-0.15, -0.1) is 0 Å². The van der Waals surface area contributed by atoms with Crippen molar-refractivity contribution in [1.82, 2.24) is 10.2 Å². The zero-order valence-corrected chi connectivity index (χ0v) is 17.0. The molecule has 150 valence electrons. The summed E-state index contributed by atoms with van der Waals surface area (Å²) in [6.07, 6.45) is 1.92. The molecule has 0 fully saturated rings. The number of hydrogen-bond acceptors (Lipinski definition) is 3. The zero-order chi connectivity index (χ0) is 20.4. The predicted molar refractivity (Wildman–Crippen MR) is 111 cm³/mol. The second kappa shape index (κ2) is 11.1. The van der Waals surface area contributed by atoms with Crippen molar-refractivity contribution in [2.75, 3.05) is 13.2 Å². The molecule has 0 aromatic heterocycles. The molecule has 2 aromatic carbocycles. The van der Waals surface area contributed by atoms with Crippen LogP contribution in [0, 0.1) is 6.92 Å². The second-order valence-corrected chi connectivity index (χ2v) is 6.93. The van der Waals surface area contributed by atoms with Gasteiger partial charge in [-0.1, -0.05) is 55.8 Å². The van der Waals surface area contributed by atoms with Crippen LogP contribution in [0.3, 0.4) is 0 Å². The third-order valence-electron chi connectivity index (χ3n) is 4.54. The van der Waals surface area contributed by atoms with Crippen molar-refractivity contribution >= 4 is 11.8 Å². The van der Waals surface area contributed by atoms with Crippen LogP contribution < -0.4 is 10.1 Å². The number of hydrogen-bond donors (Lipinski definition) is 1. The molecule has 2 rings (SSSR count). The Labute approximate surface area is 167 Å². The highest BCUT2D eigenvalue weighted by atomic mass is 16.5. The number of benzene rings is 2. The molecular formula is C23H30N2O3. The fourth-order valence-corrected chi connectivity index (χ4v) is 2.83. The molecule has 5 nitrogen and oxygen atoms in total. The summed E-state index contributed by atoms with van der Waals surface area (Å²) in [6, 6.07) is 16.7. The Kier molecular flexibility index (Phi) is 8.53. The minimum absolute atomic E-state index is 0.108. The first kappa shape index (κ1) is 21.5. The van der Waals surface area contributed by atoms with Gasteiger partial charge in [0.1, 0.15) is 11.8 Å². The number of rotatable bonds is 10. The average molecular weight is 383 g/mol. The van der Waals surface area contributed by atoms with E-state index in [1.165, 1.54) is 0 Å². The molecule has 28 heavy (non-hydrogen) atoms. The molecule has 1 N–H and O–H groups in total. The molecule has 0 heterocycles.